The van der Waals surface area contributed by atoms with Crippen molar-refractivity contribution in [2.24, 2.45) is 0 Å². The molecule has 0 amide bonds. The van der Waals surface area contributed by atoms with E-state index in [-0.39, 0.29) is 0 Å². The van der Waals surface area contributed by atoms with Gasteiger partial charge in [-0.1, -0.05) is 23.5 Å². The van der Waals surface area contributed by atoms with Crippen LogP contribution in [-0.4, -0.2) is 6.15 Å². The highest BCUT2D eigenvalue weighted by atomic mass is 32.1. The Morgan fingerprint density at radius 2 is 0.530 bits per heavy atom. The zero-order chi connectivity index (χ0) is 49.5. The number of nitrogens with zero attached hydrogens (tertiary/aromatic N) is 1. The van der Waals surface area contributed by atoms with Gasteiger partial charge in [0.25, 0.3) is 0 Å². The maximum Gasteiger partial charge on any atom is 0.226 e. The molecule has 7 aromatic rings. The van der Waals surface area contributed by atoms with E-state index in [9.17, 15) is 74.6 Å². The molecule has 0 saturated heterocycles. The van der Waals surface area contributed by atoms with Crippen molar-refractivity contribution in [1.29, 1.82) is 0 Å². The molecule has 1 nitrogen and oxygen atoms in total. The first-order chi connectivity index (χ1) is 30.7. The minimum Gasteiger partial charge on any atom is -0.207 e. The van der Waals surface area contributed by atoms with Gasteiger partial charge in [-0.3, -0.25) is 0 Å². The summed E-state index contributed by atoms with van der Waals surface area (Å²) in [4.78, 5) is 0. The van der Waals surface area contributed by atoms with Crippen LogP contribution in [0, 0.1) is 145 Å². The Morgan fingerprint density at radius 3 is 0.803 bits per heavy atom. The molecule has 6 aromatic carbocycles. The quantitative estimate of drug-likeness (QED) is 0.0514. The highest BCUT2D eigenvalue weighted by molar-refractivity contribution is 7.20. The van der Waals surface area contributed by atoms with Crippen LogP contribution in [0.1, 0.15) is 5.56 Å². The standard InChI is InChI=1S/C24BF20.C14H7F5NS/c26-5-1(6(27)14(35)21(42)13(5)34)25(2-7(28)15(36)22(43)16(37)8(2)29,3-9(30)17(38)23(44)18(39)10(3)31)4-11(32)19(40)24(45)20(41)12(4)33;15-10-7(11(16)13(18)14(19)12(10)17)5-20-6-21-9-4-2-1-3-8(9)20/h;1-4,6H,5H2/q-1;+1. The Hall–Kier alpha value is -6.48. The van der Waals surface area contributed by atoms with E-state index >= 15 is 35.1 Å². The van der Waals surface area contributed by atoms with Crippen LogP contribution in [0.25, 0.3) is 10.2 Å². The first kappa shape index (κ1) is 49.0. The zero-order valence-corrected chi connectivity index (χ0v) is 31.3. The van der Waals surface area contributed by atoms with Crippen LogP contribution >= 0.6 is 11.3 Å². The molecule has 0 spiro atoms. The van der Waals surface area contributed by atoms with Gasteiger partial charge in [0.05, 0.1) is 5.56 Å². The Balaban J connectivity index is 0.000000284. The predicted octanol–water partition coefficient (Wildman–Crippen LogP) is 9.78. The lowest BCUT2D eigenvalue weighted by atomic mass is 9.12. The molecular formula is C38H7BF25NS. The summed E-state index contributed by atoms with van der Waals surface area (Å²) < 4.78 is 363. The Bertz CT molecular complexity index is 2780. The number of thiazole rings is 1. The fraction of sp³-hybridized carbons (Fsp3) is 0.0263. The van der Waals surface area contributed by atoms with Gasteiger partial charge in [0.15, 0.2) is 99.6 Å². The minimum absolute atomic E-state index is 0.435. The van der Waals surface area contributed by atoms with Crippen LogP contribution in [0.4, 0.5) is 110 Å². The van der Waals surface area contributed by atoms with Crippen LogP contribution in [-0.2, 0) is 6.54 Å². The molecule has 0 atom stereocenters. The maximum atomic E-state index is 15.4. The van der Waals surface area contributed by atoms with Crippen molar-refractivity contribution in [3.63, 3.8) is 0 Å². The molecule has 0 N–H and O–H groups in total. The van der Waals surface area contributed by atoms with Crippen molar-refractivity contribution in [1.82, 2.24) is 0 Å². The first-order valence-electron chi connectivity index (χ1n) is 16.8. The molecule has 0 saturated carbocycles. The number of hydrogen-bond donors (Lipinski definition) is 0. The summed E-state index contributed by atoms with van der Waals surface area (Å²) in [6.07, 6.45) is -7.22. The van der Waals surface area contributed by atoms with Crippen LogP contribution in [0.5, 0.6) is 0 Å². The van der Waals surface area contributed by atoms with Crippen molar-refractivity contribution in [3.05, 3.63) is 181 Å². The number of rotatable bonds is 6. The Kier molecular flexibility index (Phi) is 12.9. The molecule has 7 rings (SSSR count). The molecule has 348 valence electrons. The average molecular weight is 995 g/mol. The van der Waals surface area contributed by atoms with Gasteiger partial charge in [0, 0.05) is 6.07 Å². The summed E-state index contributed by atoms with van der Waals surface area (Å²) in [7, 11) is 0. The number of fused-ring (bicyclic) bond motifs is 1. The second kappa shape index (κ2) is 17.4. The summed E-state index contributed by atoms with van der Waals surface area (Å²) in [5.74, 6) is -81.0. The molecule has 0 bridgehead atoms. The van der Waals surface area contributed by atoms with E-state index in [0.717, 1.165) is 4.70 Å². The minimum atomic E-state index is -7.22. The van der Waals surface area contributed by atoms with E-state index in [4.69, 9.17) is 0 Å². The molecule has 1 aromatic heterocycles. The van der Waals surface area contributed by atoms with E-state index in [1.54, 1.807) is 29.8 Å². The highest BCUT2D eigenvalue weighted by Gasteiger charge is 2.52. The SMILES string of the molecule is Fc1c(F)c(F)c(C[n+]2csc3ccccc32)c(F)c1F.Fc1c(F)c(F)c([B-](c2c(F)c(F)c(F)c(F)c2F)(c2c(F)c(F)c(F)c(F)c2F)c2c(F)c(F)c(F)c(F)c2F)c(F)c1F. The van der Waals surface area contributed by atoms with Crippen molar-refractivity contribution in [2.45, 2.75) is 6.54 Å². The van der Waals surface area contributed by atoms with E-state index < -0.39 is 186 Å². The largest absolute Gasteiger partial charge is 0.226 e. The third-order valence-electron chi connectivity index (χ3n) is 9.82. The van der Waals surface area contributed by atoms with E-state index in [1.165, 1.54) is 15.9 Å². The van der Waals surface area contributed by atoms with Crippen molar-refractivity contribution in [3.8, 4) is 0 Å². The van der Waals surface area contributed by atoms with Crippen molar-refractivity contribution in [2.75, 3.05) is 0 Å². The number of halogens is 25. The second-order valence-corrected chi connectivity index (χ2v) is 14.1. The smallest absolute Gasteiger partial charge is 0.207 e. The molecular weight excluding hydrogens is 988 g/mol. The molecule has 0 aliphatic rings. The highest BCUT2D eigenvalue weighted by Crippen LogP contribution is 2.31. The van der Waals surface area contributed by atoms with E-state index in [0.29, 0.717) is 5.52 Å². The normalized spacial score (nSPS) is 11.8. The van der Waals surface area contributed by atoms with Gasteiger partial charge in [-0.05, 0) is 6.07 Å². The van der Waals surface area contributed by atoms with Crippen molar-refractivity contribution < 1.29 is 114 Å². The third-order valence-corrected chi connectivity index (χ3v) is 10.8. The van der Waals surface area contributed by atoms with Gasteiger partial charge >= 0.3 is 0 Å². The fourth-order valence-electron chi connectivity index (χ4n) is 6.93. The zero-order valence-electron chi connectivity index (χ0n) is 30.5. The van der Waals surface area contributed by atoms with Gasteiger partial charge in [0.2, 0.25) is 16.8 Å². The van der Waals surface area contributed by atoms with Crippen LogP contribution in [0.3, 0.4) is 0 Å². The first-order valence-corrected chi connectivity index (χ1v) is 17.7. The molecule has 1 heterocycles. The fourth-order valence-corrected chi connectivity index (χ4v) is 7.82. The van der Waals surface area contributed by atoms with Gasteiger partial charge in [-0.2, -0.15) is 4.57 Å². The molecule has 0 radical (unpaired) electrons. The summed E-state index contributed by atoms with van der Waals surface area (Å²) in [6.45, 7) is -0.435. The van der Waals surface area contributed by atoms with Gasteiger partial charge in [-0.25, -0.2) is 110 Å². The number of hydrogen-bond acceptors (Lipinski definition) is 1. The van der Waals surface area contributed by atoms with Gasteiger partial charge in [-0.15, -0.1) is 21.9 Å². The summed E-state index contributed by atoms with van der Waals surface area (Å²) in [5, 5.41) is 0. The molecule has 0 unspecified atom stereocenters. The number of para-hydroxylation sites is 1. The van der Waals surface area contributed by atoms with E-state index in [2.05, 4.69) is 0 Å². The van der Waals surface area contributed by atoms with Gasteiger partial charge in [0.1, 0.15) is 57.4 Å². The van der Waals surface area contributed by atoms with E-state index in [1.807, 2.05) is 0 Å². The predicted molar refractivity (Wildman–Crippen MR) is 177 cm³/mol. The third kappa shape index (κ3) is 7.04. The molecule has 0 aliphatic carbocycles. The topological polar surface area (TPSA) is 3.88 Å². The lowest BCUT2D eigenvalue weighted by molar-refractivity contribution is -0.658. The molecule has 28 heteroatoms. The lowest BCUT2D eigenvalue weighted by Crippen LogP contribution is -2.81. The van der Waals surface area contributed by atoms with Crippen LogP contribution < -0.4 is 26.4 Å². The van der Waals surface area contributed by atoms with Crippen LogP contribution in [0.2, 0.25) is 0 Å². The Morgan fingerprint density at radius 1 is 0.303 bits per heavy atom. The molecule has 0 aliphatic heterocycles. The second-order valence-electron chi connectivity index (χ2n) is 13.2. The molecule has 66 heavy (non-hydrogen) atoms. The lowest BCUT2D eigenvalue weighted by Gasteiger charge is -2.44. The monoisotopic (exact) mass is 995 g/mol. The summed E-state index contributed by atoms with van der Waals surface area (Å²) in [5.41, 5.74) is -12.9. The van der Waals surface area contributed by atoms with Gasteiger partial charge < -0.3 is 0 Å². The number of benzene rings is 6. The summed E-state index contributed by atoms with van der Waals surface area (Å²) >= 11 is 1.31. The average Bonchev–Trinajstić information content (AvgIpc) is 3.71. The van der Waals surface area contributed by atoms with Crippen molar-refractivity contribution >= 4 is 49.6 Å². The Labute approximate surface area is 351 Å². The maximum absolute atomic E-state index is 15.4. The van der Waals surface area contributed by atoms with Crippen LogP contribution in [0.15, 0.2) is 29.8 Å². The number of aromatic nitrogens is 1. The molecule has 0 fully saturated rings. The summed E-state index contributed by atoms with van der Waals surface area (Å²) in [6, 6.07) is 7.03.